The molecule has 1 unspecified atom stereocenters. The molecule has 0 aliphatic carbocycles. The van der Waals surface area contributed by atoms with Gasteiger partial charge in [0.2, 0.25) is 0 Å². The number of hydrogen-bond acceptors (Lipinski definition) is 2. The second-order valence-corrected chi connectivity index (χ2v) is 4.76. The summed E-state index contributed by atoms with van der Waals surface area (Å²) in [6.45, 7) is 6.66. The lowest BCUT2D eigenvalue weighted by molar-refractivity contribution is 0.0152. The molecule has 1 aromatic carbocycles. The fourth-order valence-corrected chi connectivity index (χ4v) is 2.11. The number of rotatable bonds is 3. The van der Waals surface area contributed by atoms with Crippen molar-refractivity contribution in [3.63, 3.8) is 0 Å². The fourth-order valence-electron chi connectivity index (χ4n) is 2.11. The van der Waals surface area contributed by atoms with Crippen LogP contribution in [0.3, 0.4) is 0 Å². The van der Waals surface area contributed by atoms with E-state index in [0.29, 0.717) is 0 Å². The Labute approximate surface area is 91.5 Å². The summed E-state index contributed by atoms with van der Waals surface area (Å²) in [6.07, 6.45) is 0.805. The lowest BCUT2D eigenvalue weighted by Crippen LogP contribution is -2.37. The molecule has 0 amide bonds. The molecule has 0 aromatic heterocycles. The minimum Gasteiger partial charge on any atom is -0.389 e. The van der Waals surface area contributed by atoms with Gasteiger partial charge in [-0.25, -0.2) is 0 Å². The molecule has 2 nitrogen and oxygen atoms in total. The molecule has 0 bridgehead atoms. The van der Waals surface area contributed by atoms with Gasteiger partial charge in [-0.05, 0) is 24.5 Å². The fraction of sp³-hybridized carbons (Fsp3) is 0.538. The molecule has 0 radical (unpaired) electrons. The highest BCUT2D eigenvalue weighted by molar-refractivity contribution is 5.30. The van der Waals surface area contributed by atoms with Gasteiger partial charge < -0.3 is 5.11 Å². The van der Waals surface area contributed by atoms with E-state index in [1.165, 1.54) is 11.1 Å². The van der Waals surface area contributed by atoms with Crippen molar-refractivity contribution < 1.29 is 5.11 Å². The lowest BCUT2D eigenvalue weighted by atomic mass is 10.0. The zero-order valence-corrected chi connectivity index (χ0v) is 9.53. The highest BCUT2D eigenvalue weighted by Gasteiger charge is 2.25. The Morgan fingerprint density at radius 3 is 2.27 bits per heavy atom. The Hall–Kier alpha value is -0.860. The zero-order chi connectivity index (χ0) is 10.9. The maximum Gasteiger partial charge on any atom is 0.0743 e. The van der Waals surface area contributed by atoms with Crippen LogP contribution in [0.1, 0.15) is 31.4 Å². The van der Waals surface area contributed by atoms with Gasteiger partial charge in [0.05, 0.1) is 5.60 Å². The topological polar surface area (TPSA) is 23.5 Å². The van der Waals surface area contributed by atoms with Crippen molar-refractivity contribution in [2.45, 2.75) is 39.0 Å². The number of aliphatic hydroxyl groups is 1. The van der Waals surface area contributed by atoms with E-state index in [2.05, 4.69) is 29.2 Å². The van der Waals surface area contributed by atoms with Crippen LogP contribution in [0.5, 0.6) is 0 Å². The normalized spacial score (nSPS) is 19.9. The van der Waals surface area contributed by atoms with Crippen LogP contribution in [0.2, 0.25) is 0 Å². The zero-order valence-electron chi connectivity index (χ0n) is 9.53. The van der Waals surface area contributed by atoms with E-state index in [1.54, 1.807) is 0 Å². The molecule has 2 rings (SSSR count). The lowest BCUT2D eigenvalue weighted by Gasteiger charge is -2.27. The van der Waals surface area contributed by atoms with Crippen molar-refractivity contribution in [3.8, 4) is 0 Å². The Morgan fingerprint density at radius 1 is 1.27 bits per heavy atom. The molecular weight excluding hydrogens is 186 g/mol. The first-order valence-electron chi connectivity index (χ1n) is 5.62. The van der Waals surface area contributed by atoms with Crippen LogP contribution in [0.15, 0.2) is 24.3 Å². The highest BCUT2D eigenvalue weighted by Crippen LogP contribution is 2.24. The molecule has 1 aliphatic rings. The van der Waals surface area contributed by atoms with Crippen molar-refractivity contribution in [2.24, 2.45) is 0 Å². The van der Waals surface area contributed by atoms with E-state index >= 15 is 0 Å². The summed E-state index contributed by atoms with van der Waals surface area (Å²) in [7, 11) is 0. The summed E-state index contributed by atoms with van der Waals surface area (Å²) in [5.41, 5.74) is 2.26. The molecule has 82 valence electrons. The standard InChI is InChI=1S/C13H19NO/c1-3-13(2,15)10-14-8-11-6-4-5-7-12(11)9-14/h4-7,15H,3,8-10H2,1-2H3. The van der Waals surface area contributed by atoms with Crippen molar-refractivity contribution >= 4 is 0 Å². The summed E-state index contributed by atoms with van der Waals surface area (Å²) < 4.78 is 0. The molecule has 0 saturated heterocycles. The van der Waals surface area contributed by atoms with Crippen LogP contribution >= 0.6 is 0 Å². The van der Waals surface area contributed by atoms with E-state index in [0.717, 1.165) is 26.1 Å². The maximum atomic E-state index is 10.0. The van der Waals surface area contributed by atoms with Crippen LogP contribution in [0, 0.1) is 0 Å². The SMILES string of the molecule is CCC(C)(O)CN1Cc2ccccc2C1. The van der Waals surface area contributed by atoms with Crippen molar-refractivity contribution in [3.05, 3.63) is 35.4 Å². The van der Waals surface area contributed by atoms with Gasteiger partial charge in [-0.2, -0.15) is 0 Å². The third-order valence-electron chi connectivity index (χ3n) is 3.23. The van der Waals surface area contributed by atoms with Gasteiger partial charge in [-0.1, -0.05) is 31.2 Å². The number of hydrogen-bond donors (Lipinski definition) is 1. The minimum atomic E-state index is -0.554. The molecule has 1 atom stereocenters. The van der Waals surface area contributed by atoms with Crippen LogP contribution in [0.4, 0.5) is 0 Å². The Kier molecular flexibility index (Phi) is 2.81. The van der Waals surface area contributed by atoms with E-state index in [-0.39, 0.29) is 0 Å². The van der Waals surface area contributed by atoms with Crippen molar-refractivity contribution in [1.82, 2.24) is 4.90 Å². The summed E-state index contributed by atoms with van der Waals surface area (Å²) in [6, 6.07) is 8.52. The van der Waals surface area contributed by atoms with Gasteiger partial charge in [0, 0.05) is 19.6 Å². The van der Waals surface area contributed by atoms with Gasteiger partial charge in [0.1, 0.15) is 0 Å². The molecule has 0 saturated carbocycles. The third-order valence-corrected chi connectivity index (χ3v) is 3.23. The van der Waals surface area contributed by atoms with Gasteiger partial charge in [0.25, 0.3) is 0 Å². The predicted molar refractivity (Wildman–Crippen MR) is 61.5 cm³/mol. The molecule has 15 heavy (non-hydrogen) atoms. The summed E-state index contributed by atoms with van der Waals surface area (Å²) in [4.78, 5) is 2.31. The number of nitrogens with zero attached hydrogens (tertiary/aromatic N) is 1. The van der Waals surface area contributed by atoms with Gasteiger partial charge in [-0.15, -0.1) is 0 Å². The van der Waals surface area contributed by atoms with Crippen molar-refractivity contribution in [1.29, 1.82) is 0 Å². The van der Waals surface area contributed by atoms with Gasteiger partial charge >= 0.3 is 0 Å². The first-order chi connectivity index (χ1) is 7.11. The van der Waals surface area contributed by atoms with E-state index in [1.807, 2.05) is 13.8 Å². The predicted octanol–water partition coefficient (Wildman–Crippen LogP) is 2.16. The highest BCUT2D eigenvalue weighted by atomic mass is 16.3. The Balaban J connectivity index is 2.02. The Bertz CT molecular complexity index is 321. The molecule has 1 heterocycles. The average molecular weight is 205 g/mol. The van der Waals surface area contributed by atoms with Gasteiger partial charge in [0.15, 0.2) is 0 Å². The summed E-state index contributed by atoms with van der Waals surface area (Å²) in [5, 5.41) is 10.0. The third kappa shape index (κ3) is 2.39. The second kappa shape index (κ2) is 3.95. The summed E-state index contributed by atoms with van der Waals surface area (Å²) in [5.74, 6) is 0. The molecule has 2 heteroatoms. The summed E-state index contributed by atoms with van der Waals surface area (Å²) >= 11 is 0. The van der Waals surface area contributed by atoms with Gasteiger partial charge in [-0.3, -0.25) is 4.90 Å². The molecule has 0 fully saturated rings. The largest absolute Gasteiger partial charge is 0.389 e. The number of β-amino-alcohol motifs (C(OH)–C–C–N with tert-alkyl or cyclic N) is 1. The second-order valence-electron chi connectivity index (χ2n) is 4.76. The van der Waals surface area contributed by atoms with Crippen LogP contribution < -0.4 is 0 Å². The van der Waals surface area contributed by atoms with Crippen molar-refractivity contribution in [2.75, 3.05) is 6.54 Å². The first-order valence-corrected chi connectivity index (χ1v) is 5.62. The van der Waals surface area contributed by atoms with E-state index in [4.69, 9.17) is 0 Å². The van der Waals surface area contributed by atoms with Crippen LogP contribution in [0.25, 0.3) is 0 Å². The smallest absolute Gasteiger partial charge is 0.0743 e. The number of fused-ring (bicyclic) bond motifs is 1. The first kappa shape index (κ1) is 10.7. The Morgan fingerprint density at radius 2 is 1.80 bits per heavy atom. The number of benzene rings is 1. The molecule has 0 spiro atoms. The molecule has 1 N–H and O–H groups in total. The minimum absolute atomic E-state index is 0.554. The van der Waals surface area contributed by atoms with Crippen LogP contribution in [-0.2, 0) is 13.1 Å². The molecular formula is C13H19NO. The average Bonchev–Trinajstić information content (AvgIpc) is 2.58. The maximum absolute atomic E-state index is 10.0. The van der Waals surface area contributed by atoms with E-state index < -0.39 is 5.60 Å². The molecule has 1 aliphatic heterocycles. The van der Waals surface area contributed by atoms with E-state index in [9.17, 15) is 5.11 Å². The quantitative estimate of drug-likeness (QED) is 0.817. The monoisotopic (exact) mass is 205 g/mol. The molecule has 1 aromatic rings. The van der Waals surface area contributed by atoms with Crippen LogP contribution in [-0.4, -0.2) is 22.2 Å².